The summed E-state index contributed by atoms with van der Waals surface area (Å²) in [5.74, 6) is 1.27. The highest BCUT2D eigenvalue weighted by atomic mass is 35.5. The molecule has 1 aliphatic rings. The Bertz CT molecular complexity index is 752. The summed E-state index contributed by atoms with van der Waals surface area (Å²) in [5, 5.41) is 4.34. The normalized spacial score (nSPS) is 15.5. The third-order valence-corrected chi connectivity index (χ3v) is 5.94. The van der Waals surface area contributed by atoms with Gasteiger partial charge in [0.15, 0.2) is 5.13 Å². The Kier molecular flexibility index (Phi) is 6.51. The monoisotopic (exact) mass is 393 g/mol. The molecule has 0 atom stereocenters. The van der Waals surface area contributed by atoms with Crippen LogP contribution in [0.3, 0.4) is 0 Å². The summed E-state index contributed by atoms with van der Waals surface area (Å²) < 4.78 is 0.555. The Balaban J connectivity index is 1.84. The molecule has 1 fully saturated rings. The fourth-order valence-electron chi connectivity index (χ4n) is 2.91. The maximum absolute atomic E-state index is 12.8. The number of rotatable bonds is 6. The first kappa shape index (κ1) is 18.4. The Labute approximate surface area is 161 Å². The van der Waals surface area contributed by atoms with Crippen LogP contribution in [0.4, 0.5) is 5.13 Å². The number of thiazole rings is 1. The van der Waals surface area contributed by atoms with Crippen LogP contribution >= 0.6 is 34.7 Å². The van der Waals surface area contributed by atoms with Gasteiger partial charge in [-0.15, -0.1) is 11.8 Å². The first-order chi connectivity index (χ1) is 12.2. The lowest BCUT2D eigenvalue weighted by Crippen LogP contribution is -2.14. The molecule has 0 radical (unpaired) electrons. The van der Waals surface area contributed by atoms with Crippen molar-refractivity contribution in [1.82, 2.24) is 9.97 Å². The number of carbonyl (C=O) groups is 1. The third kappa shape index (κ3) is 5.06. The number of nitrogens with zero attached hydrogens (tertiary/aromatic N) is 2. The summed E-state index contributed by atoms with van der Waals surface area (Å²) >= 11 is 8.85. The predicted octanol–water partition coefficient (Wildman–Crippen LogP) is 5.52. The third-order valence-electron chi connectivity index (χ3n) is 4.08. The van der Waals surface area contributed by atoms with Gasteiger partial charge in [-0.1, -0.05) is 48.8 Å². The lowest BCUT2D eigenvalue weighted by Gasteiger charge is -2.11. The molecular formula is C18H20ClN3OS2. The summed E-state index contributed by atoms with van der Waals surface area (Å²) in [7, 11) is 0. The number of aromatic nitrogens is 2. The smallest absolute Gasteiger partial charge is 0.257 e. The van der Waals surface area contributed by atoms with Gasteiger partial charge in [-0.05, 0) is 36.6 Å². The molecule has 0 aromatic carbocycles. The zero-order valence-electron chi connectivity index (χ0n) is 14.0. The molecule has 1 amide bonds. The Morgan fingerprint density at radius 3 is 2.76 bits per heavy atom. The van der Waals surface area contributed by atoms with E-state index in [1.54, 1.807) is 24.2 Å². The second-order valence-corrected chi connectivity index (χ2v) is 8.81. The predicted molar refractivity (Wildman–Crippen MR) is 106 cm³/mol. The molecule has 4 nitrogen and oxygen atoms in total. The van der Waals surface area contributed by atoms with E-state index in [1.165, 1.54) is 24.2 Å². The molecule has 0 saturated heterocycles. The van der Waals surface area contributed by atoms with Crippen LogP contribution in [0.15, 0.2) is 35.6 Å². The molecule has 7 heteroatoms. The van der Waals surface area contributed by atoms with Gasteiger partial charge >= 0.3 is 0 Å². The van der Waals surface area contributed by atoms with Gasteiger partial charge in [0.2, 0.25) is 0 Å². The van der Waals surface area contributed by atoms with Crippen LogP contribution in [-0.4, -0.2) is 21.6 Å². The fraction of sp³-hybridized carbons (Fsp3) is 0.389. The van der Waals surface area contributed by atoms with Crippen LogP contribution in [0.2, 0.25) is 4.34 Å². The second-order valence-electron chi connectivity index (χ2n) is 5.87. The van der Waals surface area contributed by atoms with Crippen LogP contribution in [0, 0.1) is 5.92 Å². The number of hydrogen-bond donors (Lipinski definition) is 1. The van der Waals surface area contributed by atoms with E-state index in [9.17, 15) is 4.79 Å². The molecule has 2 aromatic rings. The highest BCUT2D eigenvalue weighted by molar-refractivity contribution is 7.99. The summed E-state index contributed by atoms with van der Waals surface area (Å²) in [5.41, 5.74) is 1.51. The second kappa shape index (κ2) is 8.83. The number of carbonyl (C=O) groups excluding carboxylic acids is 1. The summed E-state index contributed by atoms with van der Waals surface area (Å²) in [6.07, 6.45) is 10.1. The van der Waals surface area contributed by atoms with Crippen molar-refractivity contribution in [2.75, 3.05) is 11.1 Å². The van der Waals surface area contributed by atoms with Crippen molar-refractivity contribution in [1.29, 1.82) is 0 Å². The number of halogens is 1. The van der Waals surface area contributed by atoms with E-state index < -0.39 is 0 Å². The van der Waals surface area contributed by atoms with Crippen molar-refractivity contribution in [3.8, 4) is 0 Å². The number of pyridine rings is 1. The molecule has 3 rings (SSSR count). The fourth-order valence-corrected chi connectivity index (χ4v) is 4.31. The Morgan fingerprint density at radius 1 is 1.36 bits per heavy atom. The highest BCUT2D eigenvalue weighted by Gasteiger charge is 2.19. The van der Waals surface area contributed by atoms with Gasteiger partial charge in [-0.2, -0.15) is 0 Å². The molecule has 25 heavy (non-hydrogen) atoms. The first-order valence-corrected chi connectivity index (χ1v) is 10.6. The summed E-state index contributed by atoms with van der Waals surface area (Å²) in [6.45, 7) is 2.10. The molecule has 2 heterocycles. The van der Waals surface area contributed by atoms with Crippen molar-refractivity contribution in [2.45, 2.75) is 37.6 Å². The number of hydrogen-bond acceptors (Lipinski definition) is 5. The van der Waals surface area contributed by atoms with E-state index in [0.717, 1.165) is 29.2 Å². The molecule has 0 unspecified atom stereocenters. The largest absolute Gasteiger partial charge is 0.298 e. The maximum atomic E-state index is 12.8. The Hall–Kier alpha value is -1.37. The van der Waals surface area contributed by atoms with Crippen LogP contribution in [0.1, 0.15) is 38.2 Å². The summed E-state index contributed by atoms with van der Waals surface area (Å²) in [4.78, 5) is 21.4. The van der Waals surface area contributed by atoms with Gasteiger partial charge in [-0.25, -0.2) is 9.97 Å². The molecule has 132 valence electrons. The van der Waals surface area contributed by atoms with E-state index in [4.69, 9.17) is 11.6 Å². The first-order valence-electron chi connectivity index (χ1n) is 8.39. The molecule has 1 saturated carbocycles. The van der Waals surface area contributed by atoms with Gasteiger partial charge < -0.3 is 0 Å². The molecule has 2 aromatic heterocycles. The summed E-state index contributed by atoms with van der Waals surface area (Å²) in [6, 6.07) is 3.94. The van der Waals surface area contributed by atoms with E-state index in [2.05, 4.69) is 28.3 Å². The van der Waals surface area contributed by atoms with E-state index in [-0.39, 0.29) is 5.91 Å². The SMILES string of the molecule is CCSc1ccc(C(=CC2CCCC2)C(=O)Nc2ncc(Cl)s2)cn1. The van der Waals surface area contributed by atoms with Crippen molar-refractivity contribution in [2.24, 2.45) is 5.92 Å². The van der Waals surface area contributed by atoms with Crippen molar-refractivity contribution in [3.05, 3.63) is 40.5 Å². The van der Waals surface area contributed by atoms with Gasteiger partial charge in [0.25, 0.3) is 5.91 Å². The van der Waals surface area contributed by atoms with Crippen LogP contribution in [0.25, 0.3) is 5.57 Å². The maximum Gasteiger partial charge on any atom is 0.257 e. The molecule has 0 aliphatic heterocycles. The average Bonchev–Trinajstić information content (AvgIpc) is 3.25. The van der Waals surface area contributed by atoms with Crippen molar-refractivity contribution < 1.29 is 4.79 Å². The van der Waals surface area contributed by atoms with Gasteiger partial charge in [0.05, 0.1) is 11.2 Å². The zero-order valence-corrected chi connectivity index (χ0v) is 16.4. The number of nitrogens with one attached hydrogen (secondary N) is 1. The van der Waals surface area contributed by atoms with Gasteiger partial charge in [-0.3, -0.25) is 10.1 Å². The standard InChI is InChI=1S/C18H20ClN3OS2/c1-2-24-16-8-7-13(10-20-16)14(9-12-5-3-4-6-12)17(23)22-18-21-11-15(19)25-18/h7-12H,2-6H2,1H3,(H,21,22,23). The van der Waals surface area contributed by atoms with Crippen LogP contribution in [0.5, 0.6) is 0 Å². The molecule has 0 spiro atoms. The number of thioether (sulfide) groups is 1. The topological polar surface area (TPSA) is 54.9 Å². The minimum Gasteiger partial charge on any atom is -0.298 e. The van der Waals surface area contributed by atoms with Gasteiger partial charge in [0.1, 0.15) is 4.34 Å². The van der Waals surface area contributed by atoms with E-state index in [1.807, 2.05) is 12.1 Å². The minimum absolute atomic E-state index is 0.157. The average molecular weight is 394 g/mol. The number of anilines is 1. The van der Waals surface area contributed by atoms with Crippen molar-refractivity contribution >= 4 is 51.3 Å². The molecular weight excluding hydrogens is 374 g/mol. The lowest BCUT2D eigenvalue weighted by molar-refractivity contribution is -0.111. The quantitative estimate of drug-likeness (QED) is 0.518. The minimum atomic E-state index is -0.157. The Morgan fingerprint density at radius 2 is 2.16 bits per heavy atom. The van der Waals surface area contributed by atoms with Gasteiger partial charge in [0, 0.05) is 17.3 Å². The highest BCUT2D eigenvalue weighted by Crippen LogP contribution is 2.30. The molecule has 1 N–H and O–H groups in total. The number of allylic oxidation sites excluding steroid dienone is 1. The zero-order chi connectivity index (χ0) is 17.6. The van der Waals surface area contributed by atoms with E-state index >= 15 is 0 Å². The molecule has 1 aliphatic carbocycles. The number of amides is 1. The van der Waals surface area contributed by atoms with Crippen LogP contribution in [-0.2, 0) is 4.79 Å². The van der Waals surface area contributed by atoms with Crippen molar-refractivity contribution in [3.63, 3.8) is 0 Å². The van der Waals surface area contributed by atoms with E-state index in [0.29, 0.717) is 21.0 Å². The van der Waals surface area contributed by atoms with Crippen LogP contribution < -0.4 is 5.32 Å². The lowest BCUT2D eigenvalue weighted by atomic mass is 9.99. The molecule has 0 bridgehead atoms.